The lowest BCUT2D eigenvalue weighted by atomic mass is 10.2. The van der Waals surface area contributed by atoms with Crippen molar-refractivity contribution in [3.05, 3.63) is 0 Å². The van der Waals surface area contributed by atoms with E-state index in [1.165, 1.54) is 0 Å². The normalized spacial score (nSPS) is 28.6. The van der Waals surface area contributed by atoms with Crippen molar-refractivity contribution < 1.29 is 5.11 Å². The molecule has 1 rings (SSSR count). The molecule has 0 spiro atoms. The highest BCUT2D eigenvalue weighted by atomic mass is 16.3. The minimum Gasteiger partial charge on any atom is -0.391 e. The molecular formula is C7H14N2O. The number of amidine groups is 1. The maximum atomic E-state index is 9.23. The Hall–Kier alpha value is -0.570. The van der Waals surface area contributed by atoms with Crippen LogP contribution in [0.1, 0.15) is 13.8 Å². The Morgan fingerprint density at radius 2 is 2.40 bits per heavy atom. The second-order valence-corrected chi connectivity index (χ2v) is 2.81. The first kappa shape index (κ1) is 7.54. The fraction of sp³-hybridized carbons (Fsp3) is 0.857. The molecule has 0 saturated carbocycles. The SMILES string of the molecule is CC1=NCC(C(C)O)N1C. The van der Waals surface area contributed by atoms with Gasteiger partial charge in [-0.25, -0.2) is 0 Å². The van der Waals surface area contributed by atoms with E-state index in [0.29, 0.717) is 0 Å². The molecular weight excluding hydrogens is 128 g/mol. The molecule has 0 aromatic carbocycles. The summed E-state index contributed by atoms with van der Waals surface area (Å²) in [7, 11) is 1.96. The smallest absolute Gasteiger partial charge is 0.0959 e. The fourth-order valence-corrected chi connectivity index (χ4v) is 1.18. The zero-order valence-electron chi connectivity index (χ0n) is 6.70. The van der Waals surface area contributed by atoms with Gasteiger partial charge in [0.1, 0.15) is 0 Å². The van der Waals surface area contributed by atoms with Crippen LogP contribution in [0.25, 0.3) is 0 Å². The lowest BCUT2D eigenvalue weighted by molar-refractivity contribution is 0.122. The standard InChI is InChI=1S/C7H14N2O/c1-5(10)7-4-8-6(2)9(7)3/h5,7,10H,4H2,1-3H3. The number of likely N-dealkylation sites (N-methyl/N-ethyl adjacent to an activating group) is 1. The first-order valence-corrected chi connectivity index (χ1v) is 3.55. The predicted molar refractivity (Wildman–Crippen MR) is 41.2 cm³/mol. The molecule has 0 amide bonds. The molecule has 3 heteroatoms. The summed E-state index contributed by atoms with van der Waals surface area (Å²) in [5.41, 5.74) is 0. The molecule has 0 aromatic rings. The van der Waals surface area contributed by atoms with E-state index in [0.717, 1.165) is 12.4 Å². The zero-order chi connectivity index (χ0) is 7.72. The van der Waals surface area contributed by atoms with Crippen molar-refractivity contribution in [2.24, 2.45) is 4.99 Å². The van der Waals surface area contributed by atoms with Crippen LogP contribution >= 0.6 is 0 Å². The lowest BCUT2D eigenvalue weighted by Gasteiger charge is -2.23. The van der Waals surface area contributed by atoms with E-state index in [1.54, 1.807) is 6.92 Å². The molecule has 0 bridgehead atoms. The molecule has 0 aliphatic carbocycles. The highest BCUT2D eigenvalue weighted by Crippen LogP contribution is 2.10. The maximum Gasteiger partial charge on any atom is 0.0959 e. The van der Waals surface area contributed by atoms with Crippen LogP contribution in [-0.2, 0) is 0 Å². The summed E-state index contributed by atoms with van der Waals surface area (Å²) >= 11 is 0. The van der Waals surface area contributed by atoms with E-state index < -0.39 is 0 Å². The molecule has 1 N–H and O–H groups in total. The van der Waals surface area contributed by atoms with Crippen molar-refractivity contribution in [3.8, 4) is 0 Å². The summed E-state index contributed by atoms with van der Waals surface area (Å²) in [4.78, 5) is 6.22. The van der Waals surface area contributed by atoms with Crippen LogP contribution in [0.4, 0.5) is 0 Å². The molecule has 1 aliphatic rings. The number of hydrogen-bond donors (Lipinski definition) is 1. The van der Waals surface area contributed by atoms with Gasteiger partial charge in [-0.2, -0.15) is 0 Å². The van der Waals surface area contributed by atoms with E-state index in [2.05, 4.69) is 4.99 Å². The molecule has 0 saturated heterocycles. The first-order valence-electron chi connectivity index (χ1n) is 3.55. The van der Waals surface area contributed by atoms with Crippen LogP contribution in [-0.4, -0.2) is 41.6 Å². The Bertz CT molecular complexity index is 154. The van der Waals surface area contributed by atoms with Gasteiger partial charge in [-0.1, -0.05) is 0 Å². The summed E-state index contributed by atoms with van der Waals surface area (Å²) in [6, 6.07) is 0.194. The molecule has 1 aliphatic heterocycles. The second-order valence-electron chi connectivity index (χ2n) is 2.81. The highest BCUT2D eigenvalue weighted by Gasteiger charge is 2.24. The van der Waals surface area contributed by atoms with Gasteiger partial charge in [0.2, 0.25) is 0 Å². The number of nitrogens with zero attached hydrogens (tertiary/aromatic N) is 2. The Morgan fingerprint density at radius 3 is 2.60 bits per heavy atom. The van der Waals surface area contributed by atoms with Crippen LogP contribution in [0.5, 0.6) is 0 Å². The fourth-order valence-electron chi connectivity index (χ4n) is 1.18. The molecule has 0 radical (unpaired) electrons. The van der Waals surface area contributed by atoms with E-state index in [9.17, 15) is 5.11 Å². The third-order valence-electron chi connectivity index (χ3n) is 2.07. The Kier molecular flexibility index (Phi) is 1.94. The van der Waals surface area contributed by atoms with Crippen molar-refractivity contribution in [2.45, 2.75) is 26.0 Å². The van der Waals surface area contributed by atoms with E-state index in [4.69, 9.17) is 0 Å². The number of aliphatic imine (C=N–C) groups is 1. The van der Waals surface area contributed by atoms with Crippen molar-refractivity contribution in [3.63, 3.8) is 0 Å². The lowest BCUT2D eigenvalue weighted by Crippen LogP contribution is -2.39. The third-order valence-corrected chi connectivity index (χ3v) is 2.07. The quantitative estimate of drug-likeness (QED) is 0.563. The van der Waals surface area contributed by atoms with Gasteiger partial charge in [-0.3, -0.25) is 4.99 Å². The van der Waals surface area contributed by atoms with E-state index in [1.807, 2.05) is 18.9 Å². The van der Waals surface area contributed by atoms with Gasteiger partial charge < -0.3 is 10.0 Å². The topological polar surface area (TPSA) is 35.8 Å². The Morgan fingerprint density at radius 1 is 1.80 bits per heavy atom. The number of aliphatic hydroxyl groups excluding tert-OH is 1. The van der Waals surface area contributed by atoms with E-state index in [-0.39, 0.29) is 12.1 Å². The molecule has 0 fully saturated rings. The summed E-state index contributed by atoms with van der Waals surface area (Å²) in [5.74, 6) is 1.02. The van der Waals surface area contributed by atoms with E-state index >= 15 is 0 Å². The zero-order valence-corrected chi connectivity index (χ0v) is 6.70. The second kappa shape index (κ2) is 2.58. The molecule has 0 aromatic heterocycles. The number of rotatable bonds is 1. The molecule has 10 heavy (non-hydrogen) atoms. The Balaban J connectivity index is 2.56. The van der Waals surface area contributed by atoms with Gasteiger partial charge in [0.15, 0.2) is 0 Å². The van der Waals surface area contributed by atoms with Crippen molar-refractivity contribution >= 4 is 5.84 Å². The van der Waals surface area contributed by atoms with Gasteiger partial charge >= 0.3 is 0 Å². The molecule has 2 unspecified atom stereocenters. The van der Waals surface area contributed by atoms with Crippen molar-refractivity contribution in [1.29, 1.82) is 0 Å². The predicted octanol–water partition coefficient (Wildman–Crippen LogP) is 0.0996. The molecule has 2 atom stereocenters. The van der Waals surface area contributed by atoms with Crippen molar-refractivity contribution in [1.82, 2.24) is 4.90 Å². The van der Waals surface area contributed by atoms with Gasteiger partial charge in [0.05, 0.1) is 24.5 Å². The molecule has 3 nitrogen and oxygen atoms in total. The average Bonchev–Trinajstić information content (AvgIpc) is 2.14. The van der Waals surface area contributed by atoms with Crippen LogP contribution in [0.15, 0.2) is 4.99 Å². The minimum atomic E-state index is -0.286. The average molecular weight is 142 g/mol. The highest BCUT2D eigenvalue weighted by molar-refractivity contribution is 5.81. The molecule has 1 heterocycles. The van der Waals surface area contributed by atoms with Gasteiger partial charge in [0.25, 0.3) is 0 Å². The third kappa shape index (κ3) is 1.14. The van der Waals surface area contributed by atoms with Crippen molar-refractivity contribution in [2.75, 3.05) is 13.6 Å². The first-order chi connectivity index (χ1) is 4.63. The van der Waals surface area contributed by atoms with Crippen LogP contribution < -0.4 is 0 Å². The number of hydrogen-bond acceptors (Lipinski definition) is 3. The monoisotopic (exact) mass is 142 g/mol. The van der Waals surface area contributed by atoms with Gasteiger partial charge in [-0.15, -0.1) is 0 Å². The summed E-state index contributed by atoms with van der Waals surface area (Å²) < 4.78 is 0. The Labute approximate surface area is 61.4 Å². The minimum absolute atomic E-state index is 0.194. The largest absolute Gasteiger partial charge is 0.391 e. The van der Waals surface area contributed by atoms with Gasteiger partial charge in [-0.05, 0) is 13.8 Å². The van der Waals surface area contributed by atoms with Crippen LogP contribution in [0, 0.1) is 0 Å². The maximum absolute atomic E-state index is 9.23. The number of aliphatic hydroxyl groups is 1. The van der Waals surface area contributed by atoms with Crippen LogP contribution in [0.3, 0.4) is 0 Å². The molecule has 58 valence electrons. The van der Waals surface area contributed by atoms with Crippen LogP contribution in [0.2, 0.25) is 0 Å². The summed E-state index contributed by atoms with van der Waals surface area (Å²) in [6.07, 6.45) is -0.286. The van der Waals surface area contributed by atoms with Gasteiger partial charge in [0, 0.05) is 7.05 Å². The summed E-state index contributed by atoms with van der Waals surface area (Å²) in [6.45, 7) is 4.50. The summed E-state index contributed by atoms with van der Waals surface area (Å²) in [5, 5.41) is 9.23.